The first kappa shape index (κ1) is 22.8. The summed E-state index contributed by atoms with van der Waals surface area (Å²) in [4.78, 5) is 30.5. The molecule has 2 heterocycles. The van der Waals surface area contributed by atoms with Crippen LogP contribution >= 0.6 is 0 Å². The molecule has 1 aliphatic carbocycles. The summed E-state index contributed by atoms with van der Waals surface area (Å²) in [7, 11) is 0. The van der Waals surface area contributed by atoms with E-state index in [9.17, 15) is 14.0 Å². The predicted octanol–water partition coefficient (Wildman–Crippen LogP) is 4.87. The number of nitrogens with zero attached hydrogens (tertiary/aromatic N) is 1. The van der Waals surface area contributed by atoms with Gasteiger partial charge in [-0.25, -0.2) is 4.39 Å². The molecular formula is C26H36FN3O2. The van der Waals surface area contributed by atoms with Crippen LogP contribution in [0.4, 0.5) is 4.39 Å². The molecule has 2 fully saturated rings. The molecule has 0 bridgehead atoms. The summed E-state index contributed by atoms with van der Waals surface area (Å²) in [6.07, 6.45) is 10.4. The van der Waals surface area contributed by atoms with Crippen molar-refractivity contribution in [2.75, 3.05) is 19.6 Å². The maximum atomic E-state index is 13.6. The third-order valence-corrected chi connectivity index (χ3v) is 7.47. The zero-order valence-corrected chi connectivity index (χ0v) is 19.2. The van der Waals surface area contributed by atoms with Gasteiger partial charge in [0.15, 0.2) is 0 Å². The molecule has 0 spiro atoms. The highest BCUT2D eigenvalue weighted by Crippen LogP contribution is 2.28. The van der Waals surface area contributed by atoms with Gasteiger partial charge in [-0.1, -0.05) is 32.1 Å². The van der Waals surface area contributed by atoms with E-state index < -0.39 is 0 Å². The van der Waals surface area contributed by atoms with Crippen LogP contribution in [-0.2, 0) is 16.0 Å². The van der Waals surface area contributed by atoms with E-state index in [2.05, 4.69) is 10.3 Å². The molecule has 1 aromatic carbocycles. The summed E-state index contributed by atoms with van der Waals surface area (Å²) in [6, 6.07) is 4.76. The predicted molar refractivity (Wildman–Crippen MR) is 125 cm³/mol. The van der Waals surface area contributed by atoms with Gasteiger partial charge in [0.2, 0.25) is 11.8 Å². The lowest BCUT2D eigenvalue weighted by Crippen LogP contribution is -2.43. The molecule has 6 heteroatoms. The Balaban J connectivity index is 1.19. The Labute approximate surface area is 190 Å². The van der Waals surface area contributed by atoms with Crippen LogP contribution in [0.1, 0.15) is 69.0 Å². The van der Waals surface area contributed by atoms with Gasteiger partial charge < -0.3 is 15.2 Å². The molecule has 4 rings (SSSR count). The Morgan fingerprint density at radius 1 is 1.12 bits per heavy atom. The van der Waals surface area contributed by atoms with Crippen molar-refractivity contribution in [3.63, 3.8) is 0 Å². The fourth-order valence-corrected chi connectivity index (χ4v) is 5.48. The lowest BCUT2D eigenvalue weighted by atomic mass is 9.86. The van der Waals surface area contributed by atoms with E-state index in [-0.39, 0.29) is 23.5 Å². The molecule has 1 aliphatic heterocycles. The number of fused-ring (bicyclic) bond motifs is 1. The number of carbonyl (C=O) groups excluding carboxylic acids is 2. The summed E-state index contributed by atoms with van der Waals surface area (Å²) in [5.41, 5.74) is 2.99. The third kappa shape index (κ3) is 5.51. The van der Waals surface area contributed by atoms with E-state index in [1.807, 2.05) is 11.8 Å². The maximum absolute atomic E-state index is 13.6. The van der Waals surface area contributed by atoms with Crippen molar-refractivity contribution in [2.45, 2.75) is 71.1 Å². The average Bonchev–Trinajstić information content (AvgIpc) is 3.12. The maximum Gasteiger partial charge on any atom is 0.223 e. The molecule has 2 N–H and O–H groups in total. The van der Waals surface area contributed by atoms with Crippen molar-refractivity contribution in [3.8, 4) is 0 Å². The number of benzene rings is 1. The van der Waals surface area contributed by atoms with Crippen LogP contribution in [0.15, 0.2) is 18.2 Å². The quantitative estimate of drug-likeness (QED) is 0.644. The normalized spacial score (nSPS) is 18.2. The first-order chi connectivity index (χ1) is 15.5. The zero-order valence-electron chi connectivity index (χ0n) is 19.2. The first-order valence-electron chi connectivity index (χ1n) is 12.3. The Hall–Kier alpha value is -2.37. The molecule has 2 aromatic rings. The number of carbonyl (C=O) groups is 2. The Kier molecular flexibility index (Phi) is 7.48. The van der Waals surface area contributed by atoms with Gasteiger partial charge in [0.25, 0.3) is 0 Å². The number of H-pyrrole nitrogens is 1. The van der Waals surface area contributed by atoms with Crippen molar-refractivity contribution < 1.29 is 14.0 Å². The molecular weight excluding hydrogens is 405 g/mol. The fourth-order valence-electron chi connectivity index (χ4n) is 5.48. The number of halogens is 1. The summed E-state index contributed by atoms with van der Waals surface area (Å²) in [5.74, 6) is 0.786. The van der Waals surface area contributed by atoms with Crippen molar-refractivity contribution in [1.29, 1.82) is 0 Å². The van der Waals surface area contributed by atoms with Crippen molar-refractivity contribution in [3.05, 3.63) is 35.3 Å². The van der Waals surface area contributed by atoms with Crippen LogP contribution in [0.5, 0.6) is 0 Å². The lowest BCUT2D eigenvalue weighted by Gasteiger charge is -2.32. The second kappa shape index (κ2) is 10.5. The third-order valence-electron chi connectivity index (χ3n) is 7.47. The molecule has 1 saturated heterocycles. The minimum Gasteiger partial charge on any atom is -0.358 e. The van der Waals surface area contributed by atoms with Crippen LogP contribution in [0, 0.1) is 24.6 Å². The van der Waals surface area contributed by atoms with Crippen LogP contribution in [-0.4, -0.2) is 41.3 Å². The Morgan fingerprint density at radius 2 is 1.88 bits per heavy atom. The topological polar surface area (TPSA) is 65.2 Å². The number of aromatic nitrogens is 1. The van der Waals surface area contributed by atoms with E-state index in [0.717, 1.165) is 47.3 Å². The molecule has 5 nitrogen and oxygen atoms in total. The number of piperidine rings is 1. The second-order valence-corrected chi connectivity index (χ2v) is 9.66. The highest BCUT2D eigenvalue weighted by Gasteiger charge is 2.27. The van der Waals surface area contributed by atoms with Gasteiger partial charge in [-0.2, -0.15) is 0 Å². The van der Waals surface area contributed by atoms with E-state index in [0.29, 0.717) is 32.5 Å². The van der Waals surface area contributed by atoms with Crippen LogP contribution in [0.25, 0.3) is 10.9 Å². The van der Waals surface area contributed by atoms with Crippen molar-refractivity contribution in [1.82, 2.24) is 15.2 Å². The Morgan fingerprint density at radius 3 is 2.62 bits per heavy atom. The monoisotopic (exact) mass is 441 g/mol. The minimum atomic E-state index is -0.248. The van der Waals surface area contributed by atoms with Gasteiger partial charge >= 0.3 is 0 Å². The molecule has 0 unspecified atom stereocenters. The molecule has 0 radical (unpaired) electrons. The number of hydrogen-bond acceptors (Lipinski definition) is 2. The zero-order chi connectivity index (χ0) is 22.5. The fraction of sp³-hybridized carbons (Fsp3) is 0.615. The van der Waals surface area contributed by atoms with Crippen LogP contribution in [0.3, 0.4) is 0 Å². The molecule has 174 valence electrons. The molecule has 2 aliphatic rings. The molecule has 32 heavy (non-hydrogen) atoms. The van der Waals surface area contributed by atoms with Gasteiger partial charge in [-0.3, -0.25) is 9.59 Å². The summed E-state index contributed by atoms with van der Waals surface area (Å²) in [5, 5.41) is 3.95. The highest BCUT2D eigenvalue weighted by molar-refractivity contribution is 5.85. The number of likely N-dealkylation sites (tertiary alicyclic amines) is 1. The van der Waals surface area contributed by atoms with E-state index >= 15 is 0 Å². The van der Waals surface area contributed by atoms with Crippen molar-refractivity contribution in [2.24, 2.45) is 11.8 Å². The average molecular weight is 442 g/mol. The number of amides is 2. The van der Waals surface area contributed by atoms with E-state index in [1.165, 1.54) is 38.2 Å². The SMILES string of the molecule is Cc1[nH]c2ccc(F)cc2c1CCNC(=O)C1CCN(C(=O)CCC2CCCCC2)CC1. The number of aryl methyl sites for hydroxylation is 1. The number of aromatic amines is 1. The minimum absolute atomic E-state index is 0.0288. The highest BCUT2D eigenvalue weighted by atomic mass is 19.1. The smallest absolute Gasteiger partial charge is 0.223 e. The van der Waals surface area contributed by atoms with Gasteiger partial charge in [0, 0.05) is 48.6 Å². The van der Waals surface area contributed by atoms with Gasteiger partial charge in [0.1, 0.15) is 5.82 Å². The van der Waals surface area contributed by atoms with Crippen LogP contribution in [0.2, 0.25) is 0 Å². The molecule has 1 saturated carbocycles. The molecule has 1 aromatic heterocycles. The van der Waals surface area contributed by atoms with Gasteiger partial charge in [-0.15, -0.1) is 0 Å². The first-order valence-corrected chi connectivity index (χ1v) is 12.3. The molecule has 0 atom stereocenters. The van der Waals surface area contributed by atoms with Gasteiger partial charge in [0.05, 0.1) is 0 Å². The van der Waals surface area contributed by atoms with E-state index in [4.69, 9.17) is 0 Å². The summed E-state index contributed by atoms with van der Waals surface area (Å²) >= 11 is 0. The largest absolute Gasteiger partial charge is 0.358 e. The molecule has 2 amide bonds. The Bertz CT molecular complexity index is 940. The van der Waals surface area contributed by atoms with E-state index in [1.54, 1.807) is 12.1 Å². The van der Waals surface area contributed by atoms with Crippen molar-refractivity contribution >= 4 is 22.7 Å². The summed E-state index contributed by atoms with van der Waals surface area (Å²) < 4.78 is 13.6. The van der Waals surface area contributed by atoms with Crippen LogP contribution < -0.4 is 5.32 Å². The number of rotatable bonds is 7. The van der Waals surface area contributed by atoms with Gasteiger partial charge in [-0.05, 0) is 62.3 Å². The number of nitrogens with one attached hydrogen (secondary N) is 2. The number of hydrogen-bond donors (Lipinski definition) is 2. The lowest BCUT2D eigenvalue weighted by molar-refractivity contribution is -0.135. The standard InChI is InChI=1S/C26H36FN3O2/c1-18-22(23-17-21(27)8-9-24(23)29-18)11-14-28-26(32)20-12-15-30(16-13-20)25(31)10-7-19-5-3-2-4-6-19/h8-9,17,19-20,29H,2-7,10-16H2,1H3,(H,28,32). The second-order valence-electron chi connectivity index (χ2n) is 9.66. The summed E-state index contributed by atoms with van der Waals surface area (Å²) in [6.45, 7) is 3.88.